The lowest BCUT2D eigenvalue weighted by Crippen LogP contribution is -2.29. The van der Waals surface area contributed by atoms with Gasteiger partial charge in [0.15, 0.2) is 12.1 Å². The van der Waals surface area contributed by atoms with Gasteiger partial charge in [-0.1, -0.05) is 13.8 Å². The van der Waals surface area contributed by atoms with Crippen LogP contribution in [-0.4, -0.2) is 17.1 Å². The molecule has 0 unspecified atom stereocenters. The number of aromatic nitrogens is 1. The third-order valence-electron chi connectivity index (χ3n) is 3.76. The van der Waals surface area contributed by atoms with Crippen molar-refractivity contribution in [3.8, 4) is 0 Å². The maximum absolute atomic E-state index is 11.8. The van der Waals surface area contributed by atoms with Gasteiger partial charge in [-0.2, -0.15) is 0 Å². The zero-order valence-electron chi connectivity index (χ0n) is 10.6. The predicted molar refractivity (Wildman–Crippen MR) is 62.6 cm³/mol. The topological polar surface area (TPSA) is 52.3 Å². The van der Waals surface area contributed by atoms with Crippen molar-refractivity contribution in [2.24, 2.45) is 11.8 Å². The lowest BCUT2D eigenvalue weighted by molar-refractivity contribution is 0.00808. The molecule has 1 aromatic rings. The van der Waals surface area contributed by atoms with Crippen LogP contribution in [0.1, 0.15) is 49.4 Å². The summed E-state index contributed by atoms with van der Waals surface area (Å²) in [6, 6.07) is 0. The number of nitrogens with zero attached hydrogens (tertiary/aromatic N) is 1. The lowest BCUT2D eigenvalue weighted by Gasteiger charge is -2.31. The summed E-state index contributed by atoms with van der Waals surface area (Å²) in [6.07, 6.45) is 4.33. The molecule has 0 radical (unpaired) electrons. The number of ether oxygens (including phenoxy) is 1. The molecule has 0 aliphatic heterocycles. The highest BCUT2D eigenvalue weighted by atomic mass is 16.5. The van der Waals surface area contributed by atoms with E-state index in [0.29, 0.717) is 17.4 Å². The van der Waals surface area contributed by atoms with E-state index in [0.717, 1.165) is 25.2 Å². The molecule has 0 N–H and O–H groups in total. The van der Waals surface area contributed by atoms with E-state index >= 15 is 0 Å². The van der Waals surface area contributed by atoms with E-state index in [9.17, 15) is 4.79 Å². The Balaban J connectivity index is 1.94. The van der Waals surface area contributed by atoms with Crippen molar-refractivity contribution in [2.75, 3.05) is 0 Å². The minimum atomic E-state index is -0.358. The third-order valence-corrected chi connectivity index (χ3v) is 3.76. The predicted octanol–water partition coefficient (Wildman–Crippen LogP) is 2.96. The summed E-state index contributed by atoms with van der Waals surface area (Å²) in [4.78, 5) is 15.7. The van der Waals surface area contributed by atoms with Gasteiger partial charge in [0.2, 0.25) is 0 Å². The first-order chi connectivity index (χ1) is 8.08. The first-order valence-electron chi connectivity index (χ1n) is 6.19. The van der Waals surface area contributed by atoms with Crippen LogP contribution >= 0.6 is 0 Å². The Morgan fingerprint density at radius 2 is 2.18 bits per heavy atom. The molecular formula is C13H19NO3. The number of hydrogen-bond donors (Lipinski definition) is 0. The third kappa shape index (κ3) is 2.68. The molecule has 1 fully saturated rings. The fraction of sp³-hybridized carbons (Fsp3) is 0.692. The number of esters is 1. The van der Waals surface area contributed by atoms with Crippen LogP contribution in [0.2, 0.25) is 0 Å². The van der Waals surface area contributed by atoms with Crippen molar-refractivity contribution in [3.63, 3.8) is 0 Å². The number of aryl methyl sites for hydroxylation is 1. The van der Waals surface area contributed by atoms with E-state index in [1.165, 1.54) is 6.39 Å². The quantitative estimate of drug-likeness (QED) is 0.742. The van der Waals surface area contributed by atoms with Crippen LogP contribution in [0.4, 0.5) is 0 Å². The van der Waals surface area contributed by atoms with E-state index in [-0.39, 0.29) is 12.1 Å². The molecule has 1 aromatic heterocycles. The van der Waals surface area contributed by atoms with Gasteiger partial charge in [0.1, 0.15) is 11.9 Å². The van der Waals surface area contributed by atoms with Gasteiger partial charge in [-0.25, -0.2) is 9.78 Å². The monoisotopic (exact) mass is 237 g/mol. The number of carbonyl (C=O) groups is 1. The van der Waals surface area contributed by atoms with Crippen LogP contribution < -0.4 is 0 Å². The SMILES string of the molecule is Cc1ocnc1C(=O)O[C@@H]1CC[C@@H](C)[C@@H](C)C1. The van der Waals surface area contributed by atoms with E-state index in [1.807, 2.05) is 0 Å². The Hall–Kier alpha value is -1.32. The molecule has 2 rings (SSSR count). The van der Waals surface area contributed by atoms with Crippen LogP contribution in [0, 0.1) is 18.8 Å². The van der Waals surface area contributed by atoms with Gasteiger partial charge < -0.3 is 9.15 Å². The molecule has 0 spiro atoms. The average molecular weight is 237 g/mol. The highest BCUT2D eigenvalue weighted by Gasteiger charge is 2.28. The first-order valence-corrected chi connectivity index (χ1v) is 6.19. The lowest BCUT2D eigenvalue weighted by atomic mass is 9.80. The summed E-state index contributed by atoms with van der Waals surface area (Å²) in [7, 11) is 0. The van der Waals surface area contributed by atoms with Crippen LogP contribution in [0.15, 0.2) is 10.8 Å². The van der Waals surface area contributed by atoms with Crippen LogP contribution in [0.5, 0.6) is 0 Å². The van der Waals surface area contributed by atoms with Gasteiger partial charge >= 0.3 is 5.97 Å². The fourth-order valence-electron chi connectivity index (χ4n) is 2.31. The minimum Gasteiger partial charge on any atom is -0.458 e. The second-order valence-corrected chi connectivity index (χ2v) is 5.05. The molecule has 1 aliphatic carbocycles. The van der Waals surface area contributed by atoms with Gasteiger partial charge in [0.05, 0.1) is 0 Å². The molecule has 0 bridgehead atoms. The van der Waals surface area contributed by atoms with Crippen LogP contribution in [0.25, 0.3) is 0 Å². The smallest absolute Gasteiger partial charge is 0.360 e. The molecule has 4 nitrogen and oxygen atoms in total. The second kappa shape index (κ2) is 4.90. The maximum Gasteiger partial charge on any atom is 0.360 e. The van der Waals surface area contributed by atoms with E-state index in [2.05, 4.69) is 18.8 Å². The van der Waals surface area contributed by atoms with Crippen LogP contribution in [-0.2, 0) is 4.74 Å². The highest BCUT2D eigenvalue weighted by Crippen LogP contribution is 2.31. The molecule has 3 atom stereocenters. The van der Waals surface area contributed by atoms with Crippen molar-refractivity contribution in [1.29, 1.82) is 0 Å². The van der Waals surface area contributed by atoms with Crippen molar-refractivity contribution >= 4 is 5.97 Å². The van der Waals surface area contributed by atoms with E-state index < -0.39 is 0 Å². The highest BCUT2D eigenvalue weighted by molar-refractivity contribution is 5.88. The number of hydrogen-bond acceptors (Lipinski definition) is 4. The van der Waals surface area contributed by atoms with Crippen molar-refractivity contribution in [2.45, 2.75) is 46.1 Å². The standard InChI is InChI=1S/C13H19NO3/c1-8-4-5-11(6-9(8)2)17-13(15)12-10(3)16-7-14-12/h7-9,11H,4-6H2,1-3H3/t8-,9+,11-/m1/s1. The Labute approximate surface area is 101 Å². The summed E-state index contributed by atoms with van der Waals surface area (Å²) >= 11 is 0. The van der Waals surface area contributed by atoms with Gasteiger partial charge in [-0.15, -0.1) is 0 Å². The normalized spacial score (nSPS) is 29.0. The largest absolute Gasteiger partial charge is 0.458 e. The maximum atomic E-state index is 11.8. The number of carbonyl (C=O) groups excluding carboxylic acids is 1. The summed E-state index contributed by atoms with van der Waals surface area (Å²) in [6.45, 7) is 6.19. The summed E-state index contributed by atoms with van der Waals surface area (Å²) in [5.74, 6) is 1.49. The summed E-state index contributed by atoms with van der Waals surface area (Å²) < 4.78 is 10.5. The molecule has 1 saturated carbocycles. The van der Waals surface area contributed by atoms with Crippen molar-refractivity contribution < 1.29 is 13.9 Å². The van der Waals surface area contributed by atoms with Gasteiger partial charge in [-0.05, 0) is 38.0 Å². The molecule has 94 valence electrons. The molecule has 17 heavy (non-hydrogen) atoms. The van der Waals surface area contributed by atoms with Crippen molar-refractivity contribution in [3.05, 3.63) is 17.8 Å². The zero-order chi connectivity index (χ0) is 12.4. The second-order valence-electron chi connectivity index (χ2n) is 5.05. The molecule has 1 heterocycles. The molecule has 0 saturated heterocycles. The Kier molecular flexibility index (Phi) is 3.50. The number of oxazole rings is 1. The van der Waals surface area contributed by atoms with E-state index in [4.69, 9.17) is 9.15 Å². The molecular weight excluding hydrogens is 218 g/mol. The first kappa shape index (κ1) is 12.1. The van der Waals surface area contributed by atoms with Gasteiger partial charge in [0, 0.05) is 0 Å². The molecule has 0 amide bonds. The van der Waals surface area contributed by atoms with E-state index in [1.54, 1.807) is 6.92 Å². The Bertz CT molecular complexity index is 399. The number of rotatable bonds is 2. The summed E-state index contributed by atoms with van der Waals surface area (Å²) in [5, 5.41) is 0. The molecule has 0 aromatic carbocycles. The molecule has 1 aliphatic rings. The fourth-order valence-corrected chi connectivity index (χ4v) is 2.31. The zero-order valence-corrected chi connectivity index (χ0v) is 10.6. The van der Waals surface area contributed by atoms with Gasteiger partial charge in [0.25, 0.3) is 0 Å². The molecule has 4 heteroatoms. The Morgan fingerprint density at radius 3 is 2.76 bits per heavy atom. The average Bonchev–Trinajstić information content (AvgIpc) is 2.70. The Morgan fingerprint density at radius 1 is 1.41 bits per heavy atom. The van der Waals surface area contributed by atoms with Crippen LogP contribution in [0.3, 0.4) is 0 Å². The minimum absolute atomic E-state index is 0.0322. The summed E-state index contributed by atoms with van der Waals surface area (Å²) in [5.41, 5.74) is 0.302. The van der Waals surface area contributed by atoms with Gasteiger partial charge in [-0.3, -0.25) is 0 Å². The van der Waals surface area contributed by atoms with Crippen molar-refractivity contribution in [1.82, 2.24) is 4.98 Å².